The van der Waals surface area contributed by atoms with E-state index in [0.29, 0.717) is 5.56 Å². The first-order valence-corrected chi connectivity index (χ1v) is 3.84. The SMILES string of the molecule is COc1ccc(C(N)CF)cc1F. The Kier molecular flexibility index (Phi) is 3.19. The number of ether oxygens (including phenoxy) is 1. The van der Waals surface area contributed by atoms with Gasteiger partial charge in [0.05, 0.1) is 13.2 Å². The van der Waals surface area contributed by atoms with Gasteiger partial charge in [-0.1, -0.05) is 6.07 Å². The summed E-state index contributed by atoms with van der Waals surface area (Å²) in [6.45, 7) is -0.703. The molecule has 0 spiro atoms. The first-order chi connectivity index (χ1) is 6.19. The highest BCUT2D eigenvalue weighted by Crippen LogP contribution is 2.20. The third-order valence-electron chi connectivity index (χ3n) is 1.77. The molecule has 13 heavy (non-hydrogen) atoms. The molecule has 0 radical (unpaired) electrons. The molecule has 2 N–H and O–H groups in total. The van der Waals surface area contributed by atoms with Crippen LogP contribution in [0.15, 0.2) is 18.2 Å². The van der Waals surface area contributed by atoms with Crippen molar-refractivity contribution in [2.75, 3.05) is 13.8 Å². The average Bonchev–Trinajstić information content (AvgIpc) is 2.16. The number of benzene rings is 1. The van der Waals surface area contributed by atoms with Gasteiger partial charge >= 0.3 is 0 Å². The maximum Gasteiger partial charge on any atom is 0.165 e. The van der Waals surface area contributed by atoms with Crippen LogP contribution in [0.2, 0.25) is 0 Å². The lowest BCUT2D eigenvalue weighted by atomic mass is 10.1. The molecule has 0 aliphatic carbocycles. The van der Waals surface area contributed by atoms with E-state index in [2.05, 4.69) is 0 Å². The van der Waals surface area contributed by atoms with Crippen LogP contribution >= 0.6 is 0 Å². The van der Waals surface area contributed by atoms with Crippen LogP contribution < -0.4 is 10.5 Å². The van der Waals surface area contributed by atoms with Gasteiger partial charge in [0.25, 0.3) is 0 Å². The minimum absolute atomic E-state index is 0.134. The lowest BCUT2D eigenvalue weighted by molar-refractivity contribution is 0.384. The van der Waals surface area contributed by atoms with E-state index in [-0.39, 0.29) is 5.75 Å². The number of hydrogen-bond donors (Lipinski definition) is 1. The zero-order valence-corrected chi connectivity index (χ0v) is 7.26. The Labute approximate surface area is 75.3 Å². The lowest BCUT2D eigenvalue weighted by Gasteiger charge is -2.08. The van der Waals surface area contributed by atoms with Gasteiger partial charge in [-0.25, -0.2) is 8.78 Å². The number of nitrogens with two attached hydrogens (primary N) is 1. The third-order valence-corrected chi connectivity index (χ3v) is 1.77. The van der Waals surface area contributed by atoms with Gasteiger partial charge in [-0.3, -0.25) is 0 Å². The van der Waals surface area contributed by atoms with Gasteiger partial charge in [0.15, 0.2) is 11.6 Å². The van der Waals surface area contributed by atoms with E-state index in [1.165, 1.54) is 19.2 Å². The molecule has 1 atom stereocenters. The van der Waals surface area contributed by atoms with Crippen molar-refractivity contribution < 1.29 is 13.5 Å². The van der Waals surface area contributed by atoms with Gasteiger partial charge in [0.1, 0.15) is 6.67 Å². The number of alkyl halides is 1. The van der Waals surface area contributed by atoms with E-state index in [4.69, 9.17) is 10.5 Å². The summed E-state index contributed by atoms with van der Waals surface area (Å²) >= 11 is 0. The number of rotatable bonds is 3. The zero-order valence-electron chi connectivity index (χ0n) is 7.26. The zero-order chi connectivity index (χ0) is 9.84. The number of halogens is 2. The van der Waals surface area contributed by atoms with Crippen molar-refractivity contribution in [3.63, 3.8) is 0 Å². The molecular weight excluding hydrogens is 176 g/mol. The standard InChI is InChI=1S/C9H11F2NO/c1-13-9-3-2-6(4-7(9)11)8(12)5-10/h2-4,8H,5,12H2,1H3. The molecule has 0 aliphatic rings. The van der Waals surface area contributed by atoms with Crippen LogP contribution in [0.4, 0.5) is 8.78 Å². The minimum Gasteiger partial charge on any atom is -0.494 e. The quantitative estimate of drug-likeness (QED) is 0.783. The Morgan fingerprint density at radius 3 is 2.69 bits per heavy atom. The summed E-state index contributed by atoms with van der Waals surface area (Å²) in [5.41, 5.74) is 5.80. The molecule has 2 nitrogen and oxygen atoms in total. The molecule has 72 valence electrons. The first kappa shape index (κ1) is 9.92. The van der Waals surface area contributed by atoms with Gasteiger partial charge in [-0.05, 0) is 17.7 Å². The van der Waals surface area contributed by atoms with E-state index >= 15 is 0 Å². The van der Waals surface area contributed by atoms with Crippen LogP contribution in [0, 0.1) is 5.82 Å². The van der Waals surface area contributed by atoms with Crippen LogP contribution in [-0.4, -0.2) is 13.8 Å². The van der Waals surface area contributed by atoms with Crippen molar-refractivity contribution in [1.29, 1.82) is 0 Å². The predicted octanol–water partition coefficient (Wildman–Crippen LogP) is 1.80. The predicted molar refractivity (Wildman–Crippen MR) is 45.9 cm³/mol. The lowest BCUT2D eigenvalue weighted by Crippen LogP contribution is -2.12. The second-order valence-electron chi connectivity index (χ2n) is 2.65. The van der Waals surface area contributed by atoms with E-state index in [1.54, 1.807) is 6.07 Å². The fraction of sp³-hybridized carbons (Fsp3) is 0.333. The molecule has 1 unspecified atom stereocenters. The Balaban J connectivity index is 2.95. The largest absolute Gasteiger partial charge is 0.494 e. The maximum atomic E-state index is 13.0. The second kappa shape index (κ2) is 4.18. The van der Waals surface area contributed by atoms with Gasteiger partial charge < -0.3 is 10.5 Å². The average molecular weight is 187 g/mol. The maximum absolute atomic E-state index is 13.0. The van der Waals surface area contributed by atoms with Crippen molar-refractivity contribution in [3.05, 3.63) is 29.6 Å². The summed E-state index contributed by atoms with van der Waals surface area (Å²) < 4.78 is 29.9. The van der Waals surface area contributed by atoms with Gasteiger partial charge in [-0.15, -0.1) is 0 Å². The molecule has 1 aromatic rings. The van der Waals surface area contributed by atoms with Crippen molar-refractivity contribution in [2.45, 2.75) is 6.04 Å². The molecule has 0 amide bonds. The summed E-state index contributed by atoms with van der Waals surface area (Å²) in [6.07, 6.45) is 0. The molecule has 0 fully saturated rings. The number of methoxy groups -OCH3 is 1. The summed E-state index contributed by atoms with van der Waals surface area (Å²) in [7, 11) is 1.37. The molecule has 1 aromatic carbocycles. The molecule has 0 aliphatic heterocycles. The Morgan fingerprint density at radius 1 is 1.54 bits per heavy atom. The van der Waals surface area contributed by atoms with Gasteiger partial charge in [0, 0.05) is 0 Å². The summed E-state index contributed by atoms with van der Waals surface area (Å²) in [6, 6.07) is 3.40. The summed E-state index contributed by atoms with van der Waals surface area (Å²) in [5.74, 6) is -0.390. The highest BCUT2D eigenvalue weighted by atomic mass is 19.1. The fourth-order valence-electron chi connectivity index (χ4n) is 1.00. The highest BCUT2D eigenvalue weighted by Gasteiger charge is 2.08. The van der Waals surface area contributed by atoms with Crippen molar-refractivity contribution in [3.8, 4) is 5.75 Å². The fourth-order valence-corrected chi connectivity index (χ4v) is 1.00. The van der Waals surface area contributed by atoms with Crippen molar-refractivity contribution in [2.24, 2.45) is 5.73 Å². The van der Waals surface area contributed by atoms with E-state index in [9.17, 15) is 8.78 Å². The van der Waals surface area contributed by atoms with Crippen LogP contribution in [-0.2, 0) is 0 Å². The van der Waals surface area contributed by atoms with E-state index in [1.807, 2.05) is 0 Å². The third kappa shape index (κ3) is 2.15. The van der Waals surface area contributed by atoms with Crippen LogP contribution in [0.25, 0.3) is 0 Å². The minimum atomic E-state index is -0.764. The molecule has 0 aromatic heterocycles. The Hall–Kier alpha value is -1.16. The summed E-state index contributed by atoms with van der Waals surface area (Å²) in [4.78, 5) is 0. The Morgan fingerprint density at radius 2 is 2.23 bits per heavy atom. The van der Waals surface area contributed by atoms with Gasteiger partial charge in [0.2, 0.25) is 0 Å². The van der Waals surface area contributed by atoms with E-state index in [0.717, 1.165) is 0 Å². The molecule has 0 saturated carbocycles. The van der Waals surface area contributed by atoms with Crippen LogP contribution in [0.1, 0.15) is 11.6 Å². The highest BCUT2D eigenvalue weighted by molar-refractivity contribution is 5.30. The smallest absolute Gasteiger partial charge is 0.165 e. The summed E-state index contributed by atoms with van der Waals surface area (Å²) in [5, 5.41) is 0. The molecular formula is C9H11F2NO. The molecule has 0 saturated heterocycles. The molecule has 1 rings (SSSR count). The topological polar surface area (TPSA) is 35.2 Å². The van der Waals surface area contributed by atoms with E-state index < -0.39 is 18.5 Å². The molecule has 0 heterocycles. The number of hydrogen-bond acceptors (Lipinski definition) is 2. The van der Waals surface area contributed by atoms with Crippen molar-refractivity contribution in [1.82, 2.24) is 0 Å². The van der Waals surface area contributed by atoms with Crippen LogP contribution in [0.3, 0.4) is 0 Å². The normalized spacial score (nSPS) is 12.6. The van der Waals surface area contributed by atoms with Crippen molar-refractivity contribution >= 4 is 0 Å². The first-order valence-electron chi connectivity index (χ1n) is 3.84. The second-order valence-corrected chi connectivity index (χ2v) is 2.65. The van der Waals surface area contributed by atoms with Gasteiger partial charge in [-0.2, -0.15) is 0 Å². The molecule has 4 heteroatoms. The molecule has 0 bridgehead atoms. The Bertz CT molecular complexity index is 291. The monoisotopic (exact) mass is 187 g/mol. The van der Waals surface area contributed by atoms with Crippen LogP contribution in [0.5, 0.6) is 5.75 Å².